The molecule has 1 unspecified atom stereocenters. The second-order valence-electron chi connectivity index (χ2n) is 10.1. The van der Waals surface area contributed by atoms with Gasteiger partial charge in [-0.3, -0.25) is 14.4 Å². The molecule has 6 atom stereocenters. The van der Waals surface area contributed by atoms with Crippen molar-refractivity contribution in [2.75, 3.05) is 7.11 Å². The fraction of sp³-hybridized carbons (Fsp3) is 0.444. The lowest BCUT2D eigenvalue weighted by atomic mass is 9.72. The number of methoxy groups -OCH3 is 1. The van der Waals surface area contributed by atoms with Crippen molar-refractivity contribution >= 4 is 29.8 Å². The minimum atomic E-state index is -2.00. The van der Waals surface area contributed by atoms with Gasteiger partial charge in [0.05, 0.1) is 42.1 Å². The van der Waals surface area contributed by atoms with Crippen molar-refractivity contribution < 1.29 is 49.0 Å². The van der Waals surface area contributed by atoms with Crippen LogP contribution in [-0.2, 0) is 20.7 Å². The zero-order chi connectivity index (χ0) is 27.7. The maximum atomic E-state index is 13.6. The van der Waals surface area contributed by atoms with Crippen molar-refractivity contribution in [3.8, 4) is 17.2 Å². The minimum Gasteiger partial charge on any atom is -0.507 e. The van der Waals surface area contributed by atoms with Crippen LogP contribution in [0.4, 0.5) is 0 Å². The number of phenols is 2. The number of fused-ring (bicyclic) bond motifs is 3. The van der Waals surface area contributed by atoms with Gasteiger partial charge >= 0.3 is 0 Å². The number of hydrogen-bond acceptors (Lipinski definition) is 11. The molecule has 0 spiro atoms. The lowest BCUT2D eigenvalue weighted by Crippen LogP contribution is -2.52. The summed E-state index contributed by atoms with van der Waals surface area (Å²) in [5.74, 6) is -3.18. The molecule has 39 heavy (non-hydrogen) atoms. The molecule has 210 valence electrons. The monoisotopic (exact) mass is 563 g/mol. The molecule has 1 heterocycles. The first kappa shape index (κ1) is 28.9. The fourth-order valence-corrected chi connectivity index (χ4v) is 5.66. The van der Waals surface area contributed by atoms with Crippen LogP contribution in [0, 0.1) is 0 Å². The molecule has 0 aromatic heterocycles. The molecular formula is C27H30ClNO10. The maximum Gasteiger partial charge on any atom is 0.202 e. The summed E-state index contributed by atoms with van der Waals surface area (Å²) in [4.78, 5) is 39.6. The third-order valence-corrected chi connectivity index (χ3v) is 7.80. The van der Waals surface area contributed by atoms with Crippen LogP contribution in [0.1, 0.15) is 75.8 Å². The minimum absolute atomic E-state index is 0. The lowest BCUT2D eigenvalue weighted by molar-refractivity contribution is -0.247. The number of aromatic hydroxyl groups is 2. The topological polar surface area (TPSA) is 186 Å². The number of halogens is 1. The fourth-order valence-electron chi connectivity index (χ4n) is 5.66. The van der Waals surface area contributed by atoms with E-state index in [9.17, 15) is 34.8 Å². The SMILES string of the molecule is COc1cccc2c1C(=O)c1c(O)c3c(c(O)c1C2=O)C[C@@](O)(C(C)=O)C[C@@H]3O[C@H]1C[C@@H](N)[C@H](O)C(C)O1.Cl. The van der Waals surface area contributed by atoms with Crippen LogP contribution < -0.4 is 10.5 Å². The number of hydrogen-bond donors (Lipinski definition) is 5. The van der Waals surface area contributed by atoms with E-state index < -0.39 is 82.6 Å². The number of ether oxygens (including phenoxy) is 3. The van der Waals surface area contributed by atoms with Crippen molar-refractivity contribution in [2.45, 2.75) is 69.4 Å². The van der Waals surface area contributed by atoms with Crippen LogP contribution in [0.2, 0.25) is 0 Å². The molecule has 3 aliphatic rings. The highest BCUT2D eigenvalue weighted by atomic mass is 35.5. The van der Waals surface area contributed by atoms with Crippen LogP contribution in [0.15, 0.2) is 18.2 Å². The van der Waals surface area contributed by atoms with E-state index in [1.165, 1.54) is 32.2 Å². The predicted molar refractivity (Wildman–Crippen MR) is 138 cm³/mol. The van der Waals surface area contributed by atoms with E-state index in [0.717, 1.165) is 0 Å². The first-order valence-electron chi connectivity index (χ1n) is 12.2. The Balaban J connectivity index is 0.00000353. The number of benzene rings is 2. The van der Waals surface area contributed by atoms with E-state index in [2.05, 4.69) is 0 Å². The summed E-state index contributed by atoms with van der Waals surface area (Å²) >= 11 is 0. The normalized spacial score (nSPS) is 29.5. The van der Waals surface area contributed by atoms with Crippen LogP contribution >= 0.6 is 12.4 Å². The zero-order valence-electron chi connectivity index (χ0n) is 21.5. The smallest absolute Gasteiger partial charge is 0.202 e. The van der Waals surface area contributed by atoms with E-state index in [4.69, 9.17) is 19.9 Å². The van der Waals surface area contributed by atoms with Gasteiger partial charge in [-0.15, -0.1) is 12.4 Å². The Morgan fingerprint density at radius 2 is 1.79 bits per heavy atom. The summed E-state index contributed by atoms with van der Waals surface area (Å²) in [6.45, 7) is 2.79. The van der Waals surface area contributed by atoms with Crippen molar-refractivity contribution in [3.05, 3.63) is 51.6 Å². The third kappa shape index (κ3) is 4.39. The molecule has 0 radical (unpaired) electrons. The molecule has 2 aromatic carbocycles. The van der Waals surface area contributed by atoms with Gasteiger partial charge in [-0.1, -0.05) is 12.1 Å². The van der Waals surface area contributed by atoms with Crippen LogP contribution in [0.5, 0.6) is 17.2 Å². The highest BCUT2D eigenvalue weighted by Gasteiger charge is 2.49. The van der Waals surface area contributed by atoms with Crippen LogP contribution in [0.3, 0.4) is 0 Å². The lowest BCUT2D eigenvalue weighted by Gasteiger charge is -2.42. The average molecular weight is 564 g/mol. The van der Waals surface area contributed by atoms with Gasteiger partial charge in [0.15, 0.2) is 17.9 Å². The van der Waals surface area contributed by atoms with Gasteiger partial charge in [0.1, 0.15) is 22.8 Å². The molecule has 1 fully saturated rings. The summed E-state index contributed by atoms with van der Waals surface area (Å²) in [5, 5.41) is 44.1. The quantitative estimate of drug-likeness (QED) is 0.289. The predicted octanol–water partition coefficient (Wildman–Crippen LogP) is 1.45. The molecule has 11 nitrogen and oxygen atoms in total. The molecule has 2 aromatic rings. The third-order valence-electron chi connectivity index (χ3n) is 7.80. The number of carbonyl (C=O) groups is 3. The van der Waals surface area contributed by atoms with E-state index in [0.29, 0.717) is 0 Å². The summed E-state index contributed by atoms with van der Waals surface area (Å²) in [6.07, 6.45) is -4.53. The summed E-state index contributed by atoms with van der Waals surface area (Å²) in [7, 11) is 1.34. The van der Waals surface area contributed by atoms with Gasteiger partial charge in [-0.05, 0) is 19.9 Å². The number of Topliss-reactive ketones (excluding diaryl/α,β-unsaturated/α-hetero) is 1. The first-order valence-corrected chi connectivity index (χ1v) is 12.2. The second kappa shape index (κ2) is 10.2. The first-order chi connectivity index (χ1) is 17.9. The summed E-state index contributed by atoms with van der Waals surface area (Å²) < 4.78 is 17.1. The summed E-state index contributed by atoms with van der Waals surface area (Å²) in [5.41, 5.74) is 2.97. The molecule has 0 bridgehead atoms. The molecule has 1 saturated heterocycles. The van der Waals surface area contributed by atoms with Gasteiger partial charge in [0.25, 0.3) is 0 Å². The van der Waals surface area contributed by atoms with Crippen molar-refractivity contribution in [3.63, 3.8) is 0 Å². The van der Waals surface area contributed by atoms with Gasteiger partial charge in [0.2, 0.25) is 5.78 Å². The van der Waals surface area contributed by atoms with E-state index in [-0.39, 0.29) is 53.3 Å². The van der Waals surface area contributed by atoms with Gasteiger partial charge in [0, 0.05) is 42.0 Å². The Kier molecular flexibility index (Phi) is 7.54. The van der Waals surface area contributed by atoms with E-state index in [1.54, 1.807) is 6.92 Å². The molecule has 1 aliphatic heterocycles. The molecule has 12 heteroatoms. The highest BCUT2D eigenvalue weighted by Crippen LogP contribution is 2.52. The van der Waals surface area contributed by atoms with Crippen molar-refractivity contribution in [2.24, 2.45) is 5.73 Å². The average Bonchev–Trinajstić information content (AvgIpc) is 2.87. The Labute approximate surface area is 229 Å². The number of ketones is 3. The second-order valence-corrected chi connectivity index (χ2v) is 10.1. The van der Waals surface area contributed by atoms with Gasteiger partial charge in [-0.25, -0.2) is 0 Å². The van der Waals surface area contributed by atoms with Crippen molar-refractivity contribution in [1.82, 2.24) is 0 Å². The molecular weight excluding hydrogens is 534 g/mol. The number of rotatable bonds is 4. The Morgan fingerprint density at radius 1 is 1.13 bits per heavy atom. The summed E-state index contributed by atoms with van der Waals surface area (Å²) in [6, 6.07) is 3.75. The molecule has 5 rings (SSSR count). The van der Waals surface area contributed by atoms with Crippen molar-refractivity contribution in [1.29, 1.82) is 0 Å². The largest absolute Gasteiger partial charge is 0.507 e. The molecule has 2 aliphatic carbocycles. The number of nitrogens with two attached hydrogens (primary N) is 1. The Morgan fingerprint density at radius 3 is 2.41 bits per heavy atom. The van der Waals surface area contributed by atoms with E-state index in [1.807, 2.05) is 0 Å². The van der Waals surface area contributed by atoms with E-state index >= 15 is 0 Å². The Hall–Kier alpha value is -3.06. The number of aliphatic hydroxyl groups excluding tert-OH is 1. The molecule has 0 amide bonds. The maximum absolute atomic E-state index is 13.6. The zero-order valence-corrected chi connectivity index (χ0v) is 22.3. The highest BCUT2D eigenvalue weighted by molar-refractivity contribution is 6.31. The molecule has 6 N–H and O–H groups in total. The Bertz CT molecular complexity index is 1370. The standard InChI is InChI=1S/C27H29NO10.ClH/c1-10-22(30)14(28)7-17(37-10)38-16-9-27(35,11(2)29)8-13-19(16)26(34)21-20(24(13)32)23(31)12-5-4-6-15(36-3)18(12)25(21)33;/h4-6,10,14,16-17,22,30,32,34-35H,7-9,28H2,1-3H3;1H/t10?,14-,16+,17+,22-,27+;/m1./s1. The van der Waals surface area contributed by atoms with Crippen LogP contribution in [-0.4, -0.2) is 75.0 Å². The van der Waals surface area contributed by atoms with Gasteiger partial charge < -0.3 is 40.4 Å². The molecule has 0 saturated carbocycles. The van der Waals surface area contributed by atoms with Gasteiger partial charge in [-0.2, -0.15) is 0 Å². The number of aliphatic hydroxyl groups is 2. The number of phenolic OH excluding ortho intramolecular Hbond substituents is 2. The van der Waals surface area contributed by atoms with Crippen LogP contribution in [0.25, 0.3) is 0 Å². The number of carbonyl (C=O) groups excluding carboxylic acids is 3.